The molecule has 30 heavy (non-hydrogen) atoms. The van der Waals surface area contributed by atoms with Gasteiger partial charge in [0.15, 0.2) is 6.23 Å². The van der Waals surface area contributed by atoms with Crippen LogP contribution < -0.4 is 4.90 Å². The Morgan fingerprint density at radius 1 is 1.20 bits per heavy atom. The van der Waals surface area contributed by atoms with E-state index in [9.17, 15) is 27.5 Å². The van der Waals surface area contributed by atoms with Crippen LogP contribution >= 0.6 is 0 Å². The Morgan fingerprint density at radius 2 is 1.93 bits per heavy atom. The topological polar surface area (TPSA) is 70.0 Å². The zero-order valence-corrected chi connectivity index (χ0v) is 15.9. The third-order valence-electron chi connectivity index (χ3n) is 4.81. The highest BCUT2D eigenvalue weighted by Gasteiger charge is 2.38. The number of carboxylic acid groups (broad SMARTS) is 1. The number of rotatable bonds is 6. The van der Waals surface area contributed by atoms with Crippen molar-refractivity contribution < 1.29 is 37.3 Å². The molecule has 1 unspecified atom stereocenters. The van der Waals surface area contributed by atoms with Crippen molar-refractivity contribution in [3.05, 3.63) is 70.5 Å². The molecule has 1 atom stereocenters. The Hall–Kier alpha value is -2.91. The third-order valence-corrected chi connectivity index (χ3v) is 4.81. The molecule has 0 saturated carbocycles. The van der Waals surface area contributed by atoms with Crippen LogP contribution in [0, 0.1) is 5.82 Å². The summed E-state index contributed by atoms with van der Waals surface area (Å²) in [7, 11) is 0. The molecular weight excluding hydrogens is 406 g/mol. The van der Waals surface area contributed by atoms with E-state index in [0.717, 1.165) is 12.1 Å². The van der Waals surface area contributed by atoms with Gasteiger partial charge in [-0.05, 0) is 42.3 Å². The maximum atomic E-state index is 13.7. The summed E-state index contributed by atoms with van der Waals surface area (Å²) in [4.78, 5) is 13.3. The summed E-state index contributed by atoms with van der Waals surface area (Å²) in [6.45, 7) is 0.741. The van der Waals surface area contributed by atoms with Gasteiger partial charge < -0.3 is 19.8 Å². The second kappa shape index (κ2) is 8.45. The van der Waals surface area contributed by atoms with E-state index in [0.29, 0.717) is 11.1 Å². The number of hydrogen-bond donors (Lipinski definition) is 2. The number of fused-ring (bicyclic) bond motifs is 1. The SMILES string of the molecule is CC1=C(C(=O)O)C(OCCO)N(Cc2cccc(F)c2)c2cc(C(F)(F)F)ccc21. The fourth-order valence-corrected chi connectivity index (χ4v) is 3.48. The zero-order chi connectivity index (χ0) is 22.1. The van der Waals surface area contributed by atoms with Crippen LogP contribution in [0.4, 0.5) is 23.2 Å². The van der Waals surface area contributed by atoms with Crippen molar-refractivity contribution in [2.75, 3.05) is 18.1 Å². The quantitative estimate of drug-likeness (QED) is 0.684. The largest absolute Gasteiger partial charge is 0.478 e. The minimum Gasteiger partial charge on any atom is -0.478 e. The lowest BCUT2D eigenvalue weighted by Crippen LogP contribution is -2.44. The van der Waals surface area contributed by atoms with E-state index in [2.05, 4.69) is 0 Å². The van der Waals surface area contributed by atoms with E-state index in [-0.39, 0.29) is 30.0 Å². The van der Waals surface area contributed by atoms with Gasteiger partial charge in [0.25, 0.3) is 0 Å². The van der Waals surface area contributed by atoms with Gasteiger partial charge in [-0.2, -0.15) is 13.2 Å². The molecule has 3 rings (SSSR count). The highest BCUT2D eigenvalue weighted by Crippen LogP contribution is 2.42. The number of ether oxygens (including phenoxy) is 1. The molecule has 2 aromatic carbocycles. The van der Waals surface area contributed by atoms with Crippen LogP contribution in [-0.4, -0.2) is 35.6 Å². The van der Waals surface area contributed by atoms with Gasteiger partial charge in [-0.15, -0.1) is 0 Å². The molecule has 0 amide bonds. The van der Waals surface area contributed by atoms with Crippen molar-refractivity contribution in [3.63, 3.8) is 0 Å². The molecular formula is C21H19F4NO4. The van der Waals surface area contributed by atoms with E-state index in [1.807, 2.05) is 0 Å². The second-order valence-electron chi connectivity index (χ2n) is 6.78. The summed E-state index contributed by atoms with van der Waals surface area (Å²) in [6.07, 6.45) is -5.87. The number of aliphatic hydroxyl groups is 1. The van der Waals surface area contributed by atoms with Crippen molar-refractivity contribution in [2.24, 2.45) is 0 Å². The molecule has 0 aliphatic carbocycles. The normalized spacial score (nSPS) is 16.6. The van der Waals surface area contributed by atoms with Crippen LogP contribution in [0.25, 0.3) is 5.57 Å². The van der Waals surface area contributed by atoms with Crippen LogP contribution in [-0.2, 0) is 22.3 Å². The summed E-state index contributed by atoms with van der Waals surface area (Å²) < 4.78 is 59.2. The minimum absolute atomic E-state index is 0.105. The lowest BCUT2D eigenvalue weighted by atomic mass is 9.91. The average molecular weight is 425 g/mol. The Bertz CT molecular complexity index is 987. The molecule has 0 spiro atoms. The molecule has 0 saturated heterocycles. The van der Waals surface area contributed by atoms with Crippen LogP contribution in [0.5, 0.6) is 0 Å². The molecule has 160 valence electrons. The van der Waals surface area contributed by atoms with Gasteiger partial charge in [-0.3, -0.25) is 0 Å². The molecule has 1 aliphatic rings. The first-order valence-corrected chi connectivity index (χ1v) is 9.02. The number of carboxylic acids is 1. The van der Waals surface area contributed by atoms with Gasteiger partial charge in [0.05, 0.1) is 24.4 Å². The molecule has 2 N–H and O–H groups in total. The standard InChI is InChI=1S/C21H19F4NO4/c1-12-16-6-5-14(21(23,24)25)10-17(16)26(11-13-3-2-4-15(22)9-13)19(30-8-7-27)18(12)20(28)29/h2-6,9-10,19,27H,7-8,11H2,1H3,(H,28,29). The van der Waals surface area contributed by atoms with E-state index in [1.165, 1.54) is 36.1 Å². The van der Waals surface area contributed by atoms with Crippen molar-refractivity contribution in [2.45, 2.75) is 25.9 Å². The van der Waals surface area contributed by atoms with E-state index in [4.69, 9.17) is 9.84 Å². The number of nitrogens with zero attached hydrogens (tertiary/aromatic N) is 1. The summed E-state index contributed by atoms with van der Waals surface area (Å²) in [5.74, 6) is -1.84. The number of halogens is 4. The highest BCUT2D eigenvalue weighted by atomic mass is 19.4. The van der Waals surface area contributed by atoms with Gasteiger partial charge in [0.2, 0.25) is 0 Å². The number of aliphatic carboxylic acids is 1. The predicted molar refractivity (Wildman–Crippen MR) is 101 cm³/mol. The van der Waals surface area contributed by atoms with E-state index >= 15 is 0 Å². The first kappa shape index (κ1) is 21.8. The van der Waals surface area contributed by atoms with Gasteiger partial charge in [0.1, 0.15) is 5.82 Å². The van der Waals surface area contributed by atoms with Crippen molar-refractivity contribution >= 4 is 17.2 Å². The number of carbonyl (C=O) groups is 1. The van der Waals surface area contributed by atoms with E-state index in [1.54, 1.807) is 6.07 Å². The Balaban J connectivity index is 2.20. The first-order chi connectivity index (χ1) is 14.1. The Morgan fingerprint density at radius 3 is 2.53 bits per heavy atom. The van der Waals surface area contributed by atoms with Crippen LogP contribution in [0.15, 0.2) is 48.0 Å². The fourth-order valence-electron chi connectivity index (χ4n) is 3.48. The molecule has 1 heterocycles. The molecule has 0 bridgehead atoms. The van der Waals surface area contributed by atoms with Crippen LogP contribution in [0.1, 0.15) is 23.6 Å². The van der Waals surface area contributed by atoms with Gasteiger partial charge >= 0.3 is 12.1 Å². The maximum Gasteiger partial charge on any atom is 0.416 e. The summed E-state index contributed by atoms with van der Waals surface area (Å²) in [5, 5.41) is 18.9. The van der Waals surface area contributed by atoms with Crippen LogP contribution in [0.2, 0.25) is 0 Å². The number of anilines is 1. The Labute approximate surface area is 169 Å². The van der Waals surface area contributed by atoms with Gasteiger partial charge in [-0.25, -0.2) is 9.18 Å². The summed E-state index contributed by atoms with van der Waals surface area (Å²) >= 11 is 0. The molecule has 2 aromatic rings. The van der Waals surface area contributed by atoms with Crippen molar-refractivity contribution in [1.82, 2.24) is 0 Å². The van der Waals surface area contributed by atoms with Gasteiger partial charge in [0, 0.05) is 17.8 Å². The fraction of sp³-hybridized carbons (Fsp3) is 0.286. The first-order valence-electron chi connectivity index (χ1n) is 9.02. The number of aliphatic hydroxyl groups excluding tert-OH is 1. The number of allylic oxidation sites excluding steroid dienone is 1. The van der Waals surface area contributed by atoms with Crippen LogP contribution in [0.3, 0.4) is 0 Å². The molecule has 1 aliphatic heterocycles. The third kappa shape index (κ3) is 4.31. The molecule has 5 nitrogen and oxygen atoms in total. The predicted octanol–water partition coefficient (Wildman–Crippen LogP) is 4.06. The maximum absolute atomic E-state index is 13.7. The molecule has 0 fully saturated rings. The molecule has 9 heteroatoms. The van der Waals surface area contributed by atoms with E-state index < -0.39 is 36.4 Å². The Kier molecular flexibility index (Phi) is 6.14. The minimum atomic E-state index is -4.61. The summed E-state index contributed by atoms with van der Waals surface area (Å²) in [6, 6.07) is 8.49. The second-order valence-corrected chi connectivity index (χ2v) is 6.78. The number of hydrogen-bond acceptors (Lipinski definition) is 4. The molecule has 0 aromatic heterocycles. The highest BCUT2D eigenvalue weighted by molar-refractivity contribution is 6.01. The average Bonchev–Trinajstić information content (AvgIpc) is 2.67. The lowest BCUT2D eigenvalue weighted by molar-refractivity contribution is -0.138. The summed E-state index contributed by atoms with van der Waals surface area (Å²) in [5.41, 5.74) is 0.0233. The molecule has 0 radical (unpaired) electrons. The smallest absolute Gasteiger partial charge is 0.416 e. The number of benzene rings is 2. The van der Waals surface area contributed by atoms with Gasteiger partial charge in [-0.1, -0.05) is 18.2 Å². The van der Waals surface area contributed by atoms with Crippen molar-refractivity contribution in [3.8, 4) is 0 Å². The van der Waals surface area contributed by atoms with Crippen molar-refractivity contribution in [1.29, 1.82) is 0 Å². The number of alkyl halides is 3. The zero-order valence-electron chi connectivity index (χ0n) is 15.9. The lowest BCUT2D eigenvalue weighted by Gasteiger charge is -2.39. The monoisotopic (exact) mass is 425 g/mol.